The number of hydrogen-bond acceptors (Lipinski definition) is 3. The molecule has 110 valence electrons. The van der Waals surface area contributed by atoms with Crippen LogP contribution < -0.4 is 4.90 Å². The number of benzene rings is 1. The lowest BCUT2D eigenvalue weighted by Gasteiger charge is -2.31. The van der Waals surface area contributed by atoms with Crippen molar-refractivity contribution in [2.75, 3.05) is 11.4 Å². The van der Waals surface area contributed by atoms with E-state index in [-0.39, 0.29) is 5.69 Å². The van der Waals surface area contributed by atoms with Gasteiger partial charge in [0.05, 0.1) is 5.52 Å². The fourth-order valence-corrected chi connectivity index (χ4v) is 3.35. The molecule has 0 spiro atoms. The van der Waals surface area contributed by atoms with Crippen molar-refractivity contribution in [1.29, 1.82) is 0 Å². The standard InChI is InChI=1S/C17H20N2O2/c1-2-19(12-7-3-4-8-12)16-11-15(17(20)21)18-14-10-6-5-9-13(14)16/h5-6,9-12H,2-4,7-8H2,1H3,(H,20,21). The van der Waals surface area contributed by atoms with E-state index < -0.39 is 5.97 Å². The molecule has 1 aliphatic rings. The number of fused-ring (bicyclic) bond motifs is 1. The minimum atomic E-state index is -0.968. The van der Waals surface area contributed by atoms with Crippen molar-refractivity contribution in [2.24, 2.45) is 0 Å². The van der Waals surface area contributed by atoms with Crippen LogP contribution in [-0.4, -0.2) is 28.6 Å². The van der Waals surface area contributed by atoms with Crippen molar-refractivity contribution in [3.8, 4) is 0 Å². The third kappa shape index (κ3) is 2.58. The van der Waals surface area contributed by atoms with Gasteiger partial charge in [-0.1, -0.05) is 31.0 Å². The van der Waals surface area contributed by atoms with Gasteiger partial charge in [0, 0.05) is 23.7 Å². The van der Waals surface area contributed by atoms with Crippen LogP contribution in [-0.2, 0) is 0 Å². The Morgan fingerprint density at radius 1 is 1.33 bits per heavy atom. The molecule has 21 heavy (non-hydrogen) atoms. The number of aromatic carboxylic acids is 1. The van der Waals surface area contributed by atoms with E-state index in [1.165, 1.54) is 25.7 Å². The summed E-state index contributed by atoms with van der Waals surface area (Å²) in [5.74, 6) is -0.968. The third-order valence-corrected chi connectivity index (χ3v) is 4.33. The van der Waals surface area contributed by atoms with Gasteiger partial charge in [0.2, 0.25) is 0 Å². The molecule has 1 fully saturated rings. The van der Waals surface area contributed by atoms with Crippen LogP contribution >= 0.6 is 0 Å². The van der Waals surface area contributed by atoms with E-state index in [1.807, 2.05) is 24.3 Å². The fourth-order valence-electron chi connectivity index (χ4n) is 3.35. The molecule has 1 heterocycles. The zero-order chi connectivity index (χ0) is 14.8. The SMILES string of the molecule is CCN(c1cc(C(=O)O)nc2ccccc12)C1CCCC1. The molecule has 1 N–H and O–H groups in total. The van der Waals surface area contributed by atoms with Crippen LogP contribution in [0.15, 0.2) is 30.3 Å². The van der Waals surface area contributed by atoms with Crippen molar-refractivity contribution in [3.05, 3.63) is 36.0 Å². The number of anilines is 1. The first-order valence-corrected chi connectivity index (χ1v) is 7.60. The van der Waals surface area contributed by atoms with E-state index in [4.69, 9.17) is 0 Å². The summed E-state index contributed by atoms with van der Waals surface area (Å²) in [7, 11) is 0. The Morgan fingerprint density at radius 3 is 2.71 bits per heavy atom. The number of carboxylic acid groups (broad SMARTS) is 1. The van der Waals surface area contributed by atoms with Crippen LogP contribution in [0.1, 0.15) is 43.1 Å². The highest BCUT2D eigenvalue weighted by Gasteiger charge is 2.24. The molecule has 0 amide bonds. The first-order valence-electron chi connectivity index (χ1n) is 7.60. The molecule has 0 bridgehead atoms. The lowest BCUT2D eigenvalue weighted by atomic mass is 10.1. The third-order valence-electron chi connectivity index (χ3n) is 4.33. The Balaban J connectivity index is 2.16. The molecule has 1 aromatic carbocycles. The smallest absolute Gasteiger partial charge is 0.354 e. The first kappa shape index (κ1) is 13.9. The molecular formula is C17H20N2O2. The topological polar surface area (TPSA) is 53.4 Å². The van der Waals surface area contributed by atoms with Crippen LogP contribution in [0.5, 0.6) is 0 Å². The van der Waals surface area contributed by atoms with Crippen molar-refractivity contribution in [3.63, 3.8) is 0 Å². The Morgan fingerprint density at radius 2 is 2.05 bits per heavy atom. The highest BCUT2D eigenvalue weighted by atomic mass is 16.4. The average molecular weight is 284 g/mol. The number of rotatable bonds is 4. The van der Waals surface area contributed by atoms with Gasteiger partial charge in [-0.3, -0.25) is 0 Å². The van der Waals surface area contributed by atoms with Crippen LogP contribution in [0.3, 0.4) is 0 Å². The second kappa shape index (κ2) is 5.72. The molecule has 4 heteroatoms. The average Bonchev–Trinajstić information content (AvgIpc) is 3.02. The van der Waals surface area contributed by atoms with Crippen LogP contribution in [0.2, 0.25) is 0 Å². The highest BCUT2D eigenvalue weighted by Crippen LogP contribution is 2.33. The van der Waals surface area contributed by atoms with Gasteiger partial charge >= 0.3 is 5.97 Å². The number of aromatic nitrogens is 1. The van der Waals surface area contributed by atoms with Gasteiger partial charge in [-0.05, 0) is 31.9 Å². The number of pyridine rings is 1. The van der Waals surface area contributed by atoms with Crippen LogP contribution in [0.25, 0.3) is 10.9 Å². The molecule has 1 aliphatic carbocycles. The summed E-state index contributed by atoms with van der Waals surface area (Å²) in [5, 5.41) is 10.3. The van der Waals surface area contributed by atoms with E-state index in [1.54, 1.807) is 6.07 Å². The number of hydrogen-bond donors (Lipinski definition) is 1. The Kier molecular flexibility index (Phi) is 3.78. The quantitative estimate of drug-likeness (QED) is 0.930. The Bertz CT molecular complexity index is 663. The lowest BCUT2D eigenvalue weighted by molar-refractivity contribution is 0.0691. The number of para-hydroxylation sites is 1. The largest absolute Gasteiger partial charge is 0.477 e. The molecule has 3 rings (SSSR count). The number of carboxylic acids is 1. The fraction of sp³-hybridized carbons (Fsp3) is 0.412. The predicted molar refractivity (Wildman–Crippen MR) is 84.0 cm³/mol. The lowest BCUT2D eigenvalue weighted by Crippen LogP contribution is -2.33. The van der Waals surface area contributed by atoms with Gasteiger partial charge in [0.1, 0.15) is 0 Å². The Hall–Kier alpha value is -2.10. The summed E-state index contributed by atoms with van der Waals surface area (Å²) in [4.78, 5) is 18.0. The maximum Gasteiger partial charge on any atom is 0.354 e. The van der Waals surface area contributed by atoms with Gasteiger partial charge in [-0.25, -0.2) is 9.78 Å². The minimum absolute atomic E-state index is 0.125. The molecule has 0 aliphatic heterocycles. The predicted octanol–water partition coefficient (Wildman–Crippen LogP) is 3.70. The van der Waals surface area contributed by atoms with Crippen molar-refractivity contribution >= 4 is 22.6 Å². The van der Waals surface area contributed by atoms with E-state index in [0.29, 0.717) is 6.04 Å². The molecule has 0 saturated heterocycles. The molecule has 0 unspecified atom stereocenters. The molecule has 2 aromatic rings. The zero-order valence-corrected chi connectivity index (χ0v) is 12.2. The van der Waals surface area contributed by atoms with E-state index in [2.05, 4.69) is 16.8 Å². The highest BCUT2D eigenvalue weighted by molar-refractivity contribution is 5.97. The molecule has 4 nitrogen and oxygen atoms in total. The van der Waals surface area contributed by atoms with Gasteiger partial charge in [-0.15, -0.1) is 0 Å². The summed E-state index contributed by atoms with van der Waals surface area (Å²) in [5.41, 5.74) is 1.89. The van der Waals surface area contributed by atoms with Crippen LogP contribution in [0.4, 0.5) is 5.69 Å². The van der Waals surface area contributed by atoms with Crippen molar-refractivity contribution in [1.82, 2.24) is 4.98 Å². The first-order chi connectivity index (χ1) is 10.2. The van der Waals surface area contributed by atoms with E-state index in [9.17, 15) is 9.90 Å². The summed E-state index contributed by atoms with van der Waals surface area (Å²) in [6.45, 7) is 3.02. The summed E-state index contributed by atoms with van der Waals surface area (Å²) in [6, 6.07) is 10.0. The van der Waals surface area contributed by atoms with Gasteiger partial charge in [-0.2, -0.15) is 0 Å². The number of carbonyl (C=O) groups is 1. The Labute approximate surface area is 124 Å². The maximum atomic E-state index is 11.3. The minimum Gasteiger partial charge on any atom is -0.477 e. The summed E-state index contributed by atoms with van der Waals surface area (Å²) >= 11 is 0. The molecule has 1 saturated carbocycles. The molecule has 0 radical (unpaired) electrons. The summed E-state index contributed by atoms with van der Waals surface area (Å²) < 4.78 is 0. The molecular weight excluding hydrogens is 264 g/mol. The second-order valence-electron chi connectivity index (χ2n) is 5.57. The second-order valence-corrected chi connectivity index (χ2v) is 5.57. The molecule has 1 aromatic heterocycles. The number of nitrogens with zero attached hydrogens (tertiary/aromatic N) is 2. The summed E-state index contributed by atoms with van der Waals surface area (Å²) in [6.07, 6.45) is 4.89. The van der Waals surface area contributed by atoms with Crippen LogP contribution in [0, 0.1) is 0 Å². The zero-order valence-electron chi connectivity index (χ0n) is 12.2. The van der Waals surface area contributed by atoms with Gasteiger partial charge in [0.15, 0.2) is 5.69 Å². The van der Waals surface area contributed by atoms with Gasteiger partial charge in [0.25, 0.3) is 0 Å². The normalized spacial score (nSPS) is 15.5. The van der Waals surface area contributed by atoms with Crippen molar-refractivity contribution < 1.29 is 9.90 Å². The molecule has 0 atom stereocenters. The van der Waals surface area contributed by atoms with E-state index in [0.717, 1.165) is 23.1 Å². The van der Waals surface area contributed by atoms with Crippen molar-refractivity contribution in [2.45, 2.75) is 38.6 Å². The van der Waals surface area contributed by atoms with E-state index >= 15 is 0 Å². The monoisotopic (exact) mass is 284 g/mol. The maximum absolute atomic E-state index is 11.3. The van der Waals surface area contributed by atoms with Gasteiger partial charge < -0.3 is 10.0 Å².